The summed E-state index contributed by atoms with van der Waals surface area (Å²) < 4.78 is 74.9. The molecule has 0 spiro atoms. The first-order chi connectivity index (χ1) is 18.6. The van der Waals surface area contributed by atoms with Gasteiger partial charge in [0.05, 0.1) is 17.0 Å². The van der Waals surface area contributed by atoms with Crippen LogP contribution in [-0.4, -0.2) is 46.4 Å². The van der Waals surface area contributed by atoms with Crippen LogP contribution in [-0.2, 0) is 6.42 Å². The maximum Gasteiger partial charge on any atom is 0.204 e. The van der Waals surface area contributed by atoms with Gasteiger partial charge in [-0.05, 0) is 49.4 Å². The van der Waals surface area contributed by atoms with Gasteiger partial charge in [0.25, 0.3) is 0 Å². The molecule has 1 aromatic heterocycles. The third-order valence-corrected chi connectivity index (χ3v) is 6.42. The van der Waals surface area contributed by atoms with Crippen LogP contribution in [0, 0.1) is 45.8 Å². The number of nitrogens with two attached hydrogens (primary N) is 1. The molecule has 1 aliphatic heterocycles. The second-order valence-electron chi connectivity index (χ2n) is 9.25. The Kier molecular flexibility index (Phi) is 8.34. The molecule has 3 aromatic rings. The molecule has 2 aromatic carbocycles. The molecule has 204 valence electrons. The van der Waals surface area contributed by atoms with Crippen LogP contribution in [0.15, 0.2) is 42.7 Å². The zero-order valence-electron chi connectivity index (χ0n) is 20.7. The molecule has 0 radical (unpaired) electrons. The second-order valence-corrected chi connectivity index (χ2v) is 9.25. The Bertz CT molecular complexity index is 1420. The molecule has 1 fully saturated rings. The minimum Gasteiger partial charge on any atom is -0.451 e. The fourth-order valence-corrected chi connectivity index (χ4v) is 4.59. The molecule has 0 saturated carbocycles. The van der Waals surface area contributed by atoms with Gasteiger partial charge in [-0.2, -0.15) is 8.78 Å². The molecule has 39 heavy (non-hydrogen) atoms. The molecule has 0 aliphatic carbocycles. The SMILES string of the molecule is C=C(C=N)CN1CCCC(Cc2ncnc(N)c2C(=N)c2ccc(Oc3c(F)c(F)cc(F)c3F)cc2F)C1. The van der Waals surface area contributed by atoms with Gasteiger partial charge in [-0.15, -0.1) is 0 Å². The van der Waals surface area contributed by atoms with Crippen molar-refractivity contribution in [1.29, 1.82) is 10.8 Å². The fraction of sp³-hybridized carbons (Fsp3) is 0.259. The van der Waals surface area contributed by atoms with E-state index in [4.69, 9.17) is 21.3 Å². The van der Waals surface area contributed by atoms with E-state index >= 15 is 4.39 Å². The van der Waals surface area contributed by atoms with Crippen molar-refractivity contribution >= 4 is 17.7 Å². The van der Waals surface area contributed by atoms with Gasteiger partial charge in [-0.25, -0.2) is 23.1 Å². The molecule has 2 heterocycles. The molecule has 1 unspecified atom stereocenters. The predicted octanol–water partition coefficient (Wildman–Crippen LogP) is 5.42. The topological polar surface area (TPSA) is 112 Å². The number of nitrogens with zero attached hydrogens (tertiary/aromatic N) is 3. The van der Waals surface area contributed by atoms with Crippen molar-refractivity contribution < 1.29 is 26.7 Å². The lowest BCUT2D eigenvalue weighted by Gasteiger charge is -2.33. The molecule has 1 atom stereocenters. The number of aromatic nitrogens is 2. The van der Waals surface area contributed by atoms with E-state index in [9.17, 15) is 17.6 Å². The smallest absolute Gasteiger partial charge is 0.204 e. The fourth-order valence-electron chi connectivity index (χ4n) is 4.59. The lowest BCUT2D eigenvalue weighted by atomic mass is 9.90. The van der Waals surface area contributed by atoms with Crippen LogP contribution < -0.4 is 10.5 Å². The molecule has 4 rings (SSSR count). The lowest BCUT2D eigenvalue weighted by molar-refractivity contribution is 0.188. The first kappa shape index (κ1) is 27.8. The first-order valence-electron chi connectivity index (χ1n) is 12.0. The molecule has 1 saturated heterocycles. The van der Waals surface area contributed by atoms with E-state index in [1.54, 1.807) is 0 Å². The Labute approximate surface area is 221 Å². The lowest BCUT2D eigenvalue weighted by Crippen LogP contribution is -2.37. The van der Waals surface area contributed by atoms with Crippen molar-refractivity contribution in [3.63, 3.8) is 0 Å². The van der Waals surface area contributed by atoms with Crippen LogP contribution in [0.5, 0.6) is 11.5 Å². The summed E-state index contributed by atoms with van der Waals surface area (Å²) in [6.45, 7) is 6.01. The van der Waals surface area contributed by atoms with Crippen molar-refractivity contribution in [2.75, 3.05) is 25.4 Å². The van der Waals surface area contributed by atoms with Gasteiger partial charge >= 0.3 is 0 Å². The number of nitrogen functional groups attached to an aromatic ring is 1. The van der Waals surface area contributed by atoms with Crippen molar-refractivity contribution in [2.24, 2.45) is 5.92 Å². The van der Waals surface area contributed by atoms with Gasteiger partial charge < -0.3 is 15.9 Å². The third kappa shape index (κ3) is 6.11. The normalized spacial score (nSPS) is 15.7. The summed E-state index contributed by atoms with van der Waals surface area (Å²) in [7, 11) is 0. The quantitative estimate of drug-likeness (QED) is 0.189. The number of benzene rings is 2. The number of piperidine rings is 1. The zero-order valence-corrected chi connectivity index (χ0v) is 20.7. The van der Waals surface area contributed by atoms with Crippen LogP contribution in [0.2, 0.25) is 0 Å². The number of anilines is 1. The van der Waals surface area contributed by atoms with E-state index in [0.29, 0.717) is 24.2 Å². The minimum atomic E-state index is -1.77. The number of hydrogen-bond acceptors (Lipinski definition) is 7. The molecule has 7 nitrogen and oxygen atoms in total. The highest BCUT2D eigenvalue weighted by molar-refractivity contribution is 6.14. The third-order valence-electron chi connectivity index (χ3n) is 6.42. The van der Waals surface area contributed by atoms with E-state index in [0.717, 1.165) is 44.1 Å². The number of hydrogen-bond donors (Lipinski definition) is 3. The number of ether oxygens (including phenoxy) is 1. The van der Waals surface area contributed by atoms with E-state index in [1.807, 2.05) is 0 Å². The molecule has 0 amide bonds. The van der Waals surface area contributed by atoms with E-state index < -0.39 is 40.6 Å². The molecule has 0 bridgehead atoms. The number of rotatable bonds is 9. The minimum absolute atomic E-state index is 0.0195. The molecular weight excluding hydrogens is 519 g/mol. The van der Waals surface area contributed by atoms with Gasteiger partial charge in [-0.3, -0.25) is 10.3 Å². The first-order valence-corrected chi connectivity index (χ1v) is 12.0. The summed E-state index contributed by atoms with van der Waals surface area (Å²) in [6.07, 6.45) is 4.77. The summed E-state index contributed by atoms with van der Waals surface area (Å²) in [6, 6.07) is 2.99. The summed E-state index contributed by atoms with van der Waals surface area (Å²) >= 11 is 0. The van der Waals surface area contributed by atoms with Gasteiger partial charge in [0.2, 0.25) is 17.4 Å². The number of halogens is 5. The highest BCUT2D eigenvalue weighted by Gasteiger charge is 2.26. The van der Waals surface area contributed by atoms with Crippen LogP contribution in [0.1, 0.15) is 29.7 Å². The summed E-state index contributed by atoms with van der Waals surface area (Å²) in [5.74, 6) is -9.54. The summed E-state index contributed by atoms with van der Waals surface area (Å²) in [4.78, 5) is 10.5. The Morgan fingerprint density at radius 1 is 1.10 bits per heavy atom. The van der Waals surface area contributed by atoms with E-state index in [-0.39, 0.29) is 34.6 Å². The van der Waals surface area contributed by atoms with Crippen LogP contribution in [0.4, 0.5) is 27.8 Å². The predicted molar refractivity (Wildman–Crippen MR) is 136 cm³/mol. The van der Waals surface area contributed by atoms with Crippen molar-refractivity contribution in [1.82, 2.24) is 14.9 Å². The monoisotopic (exact) mass is 544 g/mol. The Balaban J connectivity index is 1.57. The van der Waals surface area contributed by atoms with Crippen LogP contribution in [0.3, 0.4) is 0 Å². The van der Waals surface area contributed by atoms with Gasteiger partial charge in [0.1, 0.15) is 23.7 Å². The molecule has 4 N–H and O–H groups in total. The Morgan fingerprint density at radius 3 is 2.49 bits per heavy atom. The maximum atomic E-state index is 15.1. The molecular formula is C27H25F5N6O. The summed E-state index contributed by atoms with van der Waals surface area (Å²) in [5.41, 5.74) is 6.85. The molecule has 1 aliphatic rings. The van der Waals surface area contributed by atoms with E-state index in [1.165, 1.54) is 12.5 Å². The Morgan fingerprint density at radius 2 is 1.82 bits per heavy atom. The standard InChI is InChI=1S/C27H25F5N6O/c1-14(10-33)11-38-6-2-3-15(12-38)7-21-22(27(35)37-13-36-21)25(34)17-5-4-16(8-18(17)28)39-26-23(31)19(29)9-20(30)24(26)32/h4-5,8-10,13,15,33-34H,1-3,6-7,11-12H2,(H2,35,36,37). The number of likely N-dealkylation sites (tertiary alicyclic amines) is 1. The van der Waals surface area contributed by atoms with Crippen molar-refractivity contribution in [3.05, 3.63) is 88.7 Å². The Hall–Kier alpha value is -4.19. The van der Waals surface area contributed by atoms with Gasteiger partial charge in [0, 0.05) is 37.0 Å². The average molecular weight is 545 g/mol. The number of nitrogens with one attached hydrogen (secondary N) is 2. The van der Waals surface area contributed by atoms with Gasteiger partial charge in [0.15, 0.2) is 11.6 Å². The highest BCUT2D eigenvalue weighted by atomic mass is 19.2. The van der Waals surface area contributed by atoms with Crippen molar-refractivity contribution in [3.8, 4) is 11.5 Å². The van der Waals surface area contributed by atoms with Gasteiger partial charge in [-0.1, -0.05) is 6.58 Å². The van der Waals surface area contributed by atoms with E-state index in [2.05, 4.69) is 21.4 Å². The maximum absolute atomic E-state index is 15.1. The zero-order chi connectivity index (χ0) is 28.3. The molecule has 12 heteroatoms. The largest absolute Gasteiger partial charge is 0.451 e. The second kappa shape index (κ2) is 11.7. The highest BCUT2D eigenvalue weighted by Crippen LogP contribution is 2.32. The average Bonchev–Trinajstić information content (AvgIpc) is 2.90. The summed E-state index contributed by atoms with van der Waals surface area (Å²) in [5, 5.41) is 16.0. The van der Waals surface area contributed by atoms with Crippen LogP contribution in [0.25, 0.3) is 0 Å². The van der Waals surface area contributed by atoms with Crippen LogP contribution >= 0.6 is 0 Å². The van der Waals surface area contributed by atoms with Crippen molar-refractivity contribution in [2.45, 2.75) is 19.3 Å².